The molecule has 1 unspecified atom stereocenters. The van der Waals surface area contributed by atoms with Gasteiger partial charge in [-0.2, -0.15) is 13.2 Å². The van der Waals surface area contributed by atoms with E-state index in [2.05, 4.69) is 0 Å². The minimum atomic E-state index is -4.32. The summed E-state index contributed by atoms with van der Waals surface area (Å²) in [7, 11) is 0. The van der Waals surface area contributed by atoms with E-state index in [9.17, 15) is 13.2 Å². The van der Waals surface area contributed by atoms with Crippen molar-refractivity contribution >= 4 is 34.8 Å². The highest BCUT2D eigenvalue weighted by molar-refractivity contribution is 6.34. The van der Waals surface area contributed by atoms with Crippen LogP contribution in [-0.2, 0) is 0 Å². The van der Waals surface area contributed by atoms with E-state index in [0.717, 1.165) is 0 Å². The monoisotopic (exact) mass is 276 g/mol. The molecule has 0 saturated carbocycles. The van der Waals surface area contributed by atoms with Crippen molar-refractivity contribution in [3.8, 4) is 0 Å². The molecule has 0 spiro atoms. The summed E-state index contributed by atoms with van der Waals surface area (Å²) in [4.78, 5) is 0. The van der Waals surface area contributed by atoms with Crippen molar-refractivity contribution in [2.24, 2.45) is 0 Å². The molecule has 0 heterocycles. The zero-order valence-electron chi connectivity index (χ0n) is 7.28. The van der Waals surface area contributed by atoms with Crippen LogP contribution in [0.15, 0.2) is 18.2 Å². The highest BCUT2D eigenvalue weighted by Gasteiger charge is 2.32. The van der Waals surface area contributed by atoms with E-state index >= 15 is 0 Å². The Labute approximate surface area is 99.9 Å². The van der Waals surface area contributed by atoms with Crippen molar-refractivity contribution in [2.45, 2.75) is 18.0 Å². The fraction of sp³-hybridized carbons (Fsp3) is 0.333. The lowest BCUT2D eigenvalue weighted by atomic mass is 10.1. The summed E-state index contributed by atoms with van der Waals surface area (Å²) < 4.78 is 36.2. The Balaban J connectivity index is 2.90. The van der Waals surface area contributed by atoms with Gasteiger partial charge < -0.3 is 0 Å². The number of halogens is 6. The molecule has 6 heteroatoms. The van der Waals surface area contributed by atoms with Gasteiger partial charge in [0.25, 0.3) is 0 Å². The van der Waals surface area contributed by atoms with Crippen LogP contribution in [-0.4, -0.2) is 6.18 Å². The Morgan fingerprint density at radius 3 is 2.33 bits per heavy atom. The maximum atomic E-state index is 12.1. The van der Waals surface area contributed by atoms with Gasteiger partial charge in [0.15, 0.2) is 0 Å². The van der Waals surface area contributed by atoms with Crippen LogP contribution in [0.3, 0.4) is 0 Å². The topological polar surface area (TPSA) is 0 Å². The van der Waals surface area contributed by atoms with Crippen LogP contribution in [0.25, 0.3) is 0 Å². The first kappa shape index (κ1) is 12.9. The van der Waals surface area contributed by atoms with Gasteiger partial charge in [0.05, 0.1) is 11.8 Å². The van der Waals surface area contributed by atoms with Crippen LogP contribution in [0.5, 0.6) is 0 Å². The van der Waals surface area contributed by atoms with E-state index in [1.807, 2.05) is 0 Å². The molecule has 0 fully saturated rings. The molecule has 1 aromatic carbocycles. The van der Waals surface area contributed by atoms with Crippen molar-refractivity contribution in [1.29, 1.82) is 0 Å². The van der Waals surface area contributed by atoms with Gasteiger partial charge in [0.2, 0.25) is 0 Å². The van der Waals surface area contributed by atoms with E-state index in [4.69, 9.17) is 34.8 Å². The average molecular weight is 278 g/mol. The summed E-state index contributed by atoms with van der Waals surface area (Å²) in [6.07, 6.45) is -5.45. The molecule has 0 radical (unpaired) electrons. The standard InChI is InChI=1S/C9H6Cl3F3/c10-5-1-2-7(11)6(3-5)8(12)4-9(13,14)15/h1-3,8H,4H2. The fourth-order valence-corrected chi connectivity index (χ4v) is 1.91. The summed E-state index contributed by atoms with van der Waals surface area (Å²) in [5, 5.41) is -0.720. The number of hydrogen-bond acceptors (Lipinski definition) is 0. The molecule has 1 rings (SSSR count). The lowest BCUT2D eigenvalue weighted by molar-refractivity contribution is -0.134. The van der Waals surface area contributed by atoms with Gasteiger partial charge in [0.1, 0.15) is 0 Å². The SMILES string of the molecule is FC(F)(F)CC(Cl)c1cc(Cl)ccc1Cl. The third kappa shape index (κ3) is 4.09. The second-order valence-corrected chi connectivity index (χ2v) is 4.32. The van der Waals surface area contributed by atoms with Crippen LogP contribution in [0.1, 0.15) is 17.4 Å². The van der Waals surface area contributed by atoms with Crippen LogP contribution in [0.4, 0.5) is 13.2 Å². The Hall–Kier alpha value is -0.120. The summed E-state index contributed by atoms with van der Waals surface area (Å²) >= 11 is 16.9. The molecule has 0 N–H and O–H groups in total. The molecule has 0 aliphatic rings. The third-order valence-corrected chi connectivity index (χ3v) is 2.67. The summed E-state index contributed by atoms with van der Waals surface area (Å²) in [6.45, 7) is 0. The summed E-state index contributed by atoms with van der Waals surface area (Å²) in [6, 6.07) is 4.25. The van der Waals surface area contributed by atoms with Crippen molar-refractivity contribution in [1.82, 2.24) is 0 Å². The minimum Gasteiger partial charge on any atom is -0.171 e. The van der Waals surface area contributed by atoms with E-state index in [1.165, 1.54) is 18.2 Å². The number of alkyl halides is 4. The van der Waals surface area contributed by atoms with E-state index in [-0.39, 0.29) is 10.6 Å². The summed E-state index contributed by atoms with van der Waals surface area (Å²) in [5.74, 6) is 0. The molecule has 0 bridgehead atoms. The second kappa shape index (κ2) is 4.81. The van der Waals surface area contributed by atoms with Crippen molar-refractivity contribution in [3.63, 3.8) is 0 Å². The normalized spacial score (nSPS) is 14.0. The lowest BCUT2D eigenvalue weighted by Gasteiger charge is -2.14. The van der Waals surface area contributed by atoms with Gasteiger partial charge in [0, 0.05) is 10.0 Å². The Kier molecular flexibility index (Phi) is 4.15. The molecule has 1 aromatic rings. The molecule has 0 aliphatic carbocycles. The quantitative estimate of drug-likeness (QED) is 0.650. The first-order chi connectivity index (χ1) is 6.79. The maximum Gasteiger partial charge on any atom is 0.390 e. The van der Waals surface area contributed by atoms with Crippen LogP contribution in [0, 0.1) is 0 Å². The van der Waals surface area contributed by atoms with Gasteiger partial charge in [-0.1, -0.05) is 23.2 Å². The van der Waals surface area contributed by atoms with Gasteiger partial charge in [-0.25, -0.2) is 0 Å². The molecular weight excluding hydrogens is 271 g/mol. The molecule has 84 valence electrons. The van der Waals surface area contributed by atoms with Crippen LogP contribution in [0.2, 0.25) is 10.0 Å². The van der Waals surface area contributed by atoms with Crippen molar-refractivity contribution in [2.75, 3.05) is 0 Å². The van der Waals surface area contributed by atoms with E-state index in [0.29, 0.717) is 5.02 Å². The predicted molar refractivity (Wildman–Crippen MR) is 55.7 cm³/mol. The lowest BCUT2D eigenvalue weighted by Crippen LogP contribution is -2.10. The van der Waals surface area contributed by atoms with Gasteiger partial charge in [-0.3, -0.25) is 0 Å². The van der Waals surface area contributed by atoms with Crippen molar-refractivity contribution < 1.29 is 13.2 Å². The Bertz CT molecular complexity index is 349. The van der Waals surface area contributed by atoms with Crippen LogP contribution < -0.4 is 0 Å². The molecule has 1 atom stereocenters. The number of rotatable bonds is 2. The average Bonchev–Trinajstić information content (AvgIpc) is 2.06. The first-order valence-electron chi connectivity index (χ1n) is 3.95. The summed E-state index contributed by atoms with van der Waals surface area (Å²) in [5.41, 5.74) is 0.197. The third-order valence-electron chi connectivity index (χ3n) is 1.71. The van der Waals surface area contributed by atoms with E-state index in [1.54, 1.807) is 0 Å². The Morgan fingerprint density at radius 2 is 1.80 bits per heavy atom. The molecule has 0 nitrogen and oxygen atoms in total. The molecule has 0 amide bonds. The second-order valence-electron chi connectivity index (χ2n) is 2.95. The fourth-order valence-electron chi connectivity index (χ4n) is 1.07. The smallest absolute Gasteiger partial charge is 0.171 e. The largest absolute Gasteiger partial charge is 0.390 e. The highest BCUT2D eigenvalue weighted by atomic mass is 35.5. The molecule has 15 heavy (non-hydrogen) atoms. The zero-order chi connectivity index (χ0) is 11.6. The van der Waals surface area contributed by atoms with E-state index < -0.39 is 18.0 Å². The van der Waals surface area contributed by atoms with Gasteiger partial charge >= 0.3 is 6.18 Å². The highest BCUT2D eigenvalue weighted by Crippen LogP contribution is 2.37. The predicted octanol–water partition coefficient (Wildman–Crippen LogP) is 5.23. The zero-order valence-corrected chi connectivity index (χ0v) is 9.55. The number of hydrogen-bond donors (Lipinski definition) is 0. The molecule has 0 aliphatic heterocycles. The minimum absolute atomic E-state index is 0.184. The number of benzene rings is 1. The molecule has 0 aromatic heterocycles. The van der Waals surface area contributed by atoms with Gasteiger partial charge in [-0.05, 0) is 23.8 Å². The first-order valence-corrected chi connectivity index (χ1v) is 5.14. The molecular formula is C9H6Cl3F3. The maximum absolute atomic E-state index is 12.1. The van der Waals surface area contributed by atoms with Crippen LogP contribution >= 0.6 is 34.8 Å². The Morgan fingerprint density at radius 1 is 1.20 bits per heavy atom. The van der Waals surface area contributed by atoms with Gasteiger partial charge in [-0.15, -0.1) is 11.6 Å². The molecule has 0 saturated heterocycles. The van der Waals surface area contributed by atoms with Crippen molar-refractivity contribution in [3.05, 3.63) is 33.8 Å².